The van der Waals surface area contributed by atoms with E-state index in [1.165, 1.54) is 25.1 Å². The molecule has 0 fully saturated rings. The molecule has 0 saturated carbocycles. The van der Waals surface area contributed by atoms with E-state index >= 15 is 0 Å². The molecule has 2 aromatic carbocycles. The first kappa shape index (κ1) is 19.4. The van der Waals surface area contributed by atoms with Gasteiger partial charge in [0.2, 0.25) is 0 Å². The van der Waals surface area contributed by atoms with Crippen molar-refractivity contribution in [3.8, 4) is 11.3 Å². The summed E-state index contributed by atoms with van der Waals surface area (Å²) >= 11 is 0. The number of carbonyl (C=O) groups excluding carboxylic acids is 2. The van der Waals surface area contributed by atoms with Crippen LogP contribution in [0.4, 0.5) is 13.2 Å². The minimum Gasteiger partial charge on any atom is -0.451 e. The third kappa shape index (κ3) is 4.49. The molecule has 28 heavy (non-hydrogen) atoms. The molecule has 0 radical (unpaired) electrons. The van der Waals surface area contributed by atoms with E-state index in [1.54, 1.807) is 30.3 Å². The Morgan fingerprint density at radius 2 is 1.71 bits per heavy atom. The number of hydrogen-bond acceptors (Lipinski definition) is 3. The number of carbonyl (C=O) groups is 2. The molecule has 3 aromatic rings. The van der Waals surface area contributed by atoms with Gasteiger partial charge in [0.1, 0.15) is 5.76 Å². The fourth-order valence-electron chi connectivity index (χ4n) is 2.61. The van der Waals surface area contributed by atoms with Crippen molar-refractivity contribution in [3.05, 3.63) is 83.1 Å². The molecule has 0 unspecified atom stereocenters. The largest absolute Gasteiger partial charge is 0.451 e. The number of Topliss-reactive ketones (excluding diaryl/α,β-unsaturated/α-hetero) is 1. The van der Waals surface area contributed by atoms with Crippen molar-refractivity contribution in [2.75, 3.05) is 0 Å². The summed E-state index contributed by atoms with van der Waals surface area (Å²) < 4.78 is 43.8. The predicted octanol–water partition coefficient (Wildman–Crippen LogP) is 5.10. The lowest BCUT2D eigenvalue weighted by Crippen LogP contribution is -2.22. The Labute approximate surface area is 159 Å². The number of hydrogen-bond donors (Lipinski definition) is 1. The highest BCUT2D eigenvalue weighted by Gasteiger charge is 2.30. The molecule has 1 heterocycles. The molecular formula is C21H16F3NO3. The van der Waals surface area contributed by atoms with Crippen LogP contribution in [-0.4, -0.2) is 11.7 Å². The molecule has 0 aliphatic heterocycles. The highest BCUT2D eigenvalue weighted by molar-refractivity contribution is 5.94. The van der Waals surface area contributed by atoms with Crippen molar-refractivity contribution >= 4 is 11.7 Å². The maximum absolute atomic E-state index is 12.7. The Morgan fingerprint density at radius 3 is 2.36 bits per heavy atom. The van der Waals surface area contributed by atoms with Crippen LogP contribution >= 0.6 is 0 Å². The third-order valence-corrected chi connectivity index (χ3v) is 4.11. The quantitative estimate of drug-likeness (QED) is 0.620. The Balaban J connectivity index is 1.67. The summed E-state index contributed by atoms with van der Waals surface area (Å²) in [5.41, 5.74) is 0.819. The zero-order valence-corrected chi connectivity index (χ0v) is 14.8. The molecule has 1 N–H and O–H groups in total. The molecule has 144 valence electrons. The minimum atomic E-state index is -4.44. The maximum atomic E-state index is 12.7. The van der Waals surface area contributed by atoms with Crippen molar-refractivity contribution in [1.29, 1.82) is 0 Å². The molecule has 0 bridgehead atoms. The van der Waals surface area contributed by atoms with Gasteiger partial charge in [0.25, 0.3) is 5.91 Å². The van der Waals surface area contributed by atoms with Crippen LogP contribution in [0.2, 0.25) is 0 Å². The molecule has 0 aliphatic carbocycles. The summed E-state index contributed by atoms with van der Waals surface area (Å²) in [6.07, 6.45) is -4.44. The lowest BCUT2D eigenvalue weighted by atomic mass is 10.1. The van der Waals surface area contributed by atoms with E-state index in [0.29, 0.717) is 22.5 Å². The van der Waals surface area contributed by atoms with Crippen LogP contribution in [0.5, 0.6) is 0 Å². The number of amides is 1. The van der Waals surface area contributed by atoms with Crippen LogP contribution in [0.3, 0.4) is 0 Å². The number of nitrogens with one attached hydrogen (secondary N) is 1. The summed E-state index contributed by atoms with van der Waals surface area (Å²) in [6.45, 7) is 1.40. The molecule has 3 rings (SSSR count). The molecule has 0 atom stereocenters. The summed E-state index contributed by atoms with van der Waals surface area (Å²) in [5.74, 6) is -0.110. The van der Waals surface area contributed by atoms with Gasteiger partial charge in [-0.25, -0.2) is 0 Å². The average Bonchev–Trinajstić information content (AvgIpc) is 3.16. The number of furan rings is 1. The van der Waals surface area contributed by atoms with Gasteiger partial charge in [-0.15, -0.1) is 0 Å². The van der Waals surface area contributed by atoms with Crippen molar-refractivity contribution in [2.45, 2.75) is 19.6 Å². The smallest absolute Gasteiger partial charge is 0.416 e. The second-order valence-electron chi connectivity index (χ2n) is 6.18. The SMILES string of the molecule is CC(=O)c1ccc(-c2ccc(C(=O)NCc3cccc(C(F)(F)F)c3)o2)cc1. The normalized spacial score (nSPS) is 11.3. The topological polar surface area (TPSA) is 59.3 Å². The molecule has 0 aliphatic rings. The van der Waals surface area contributed by atoms with Gasteiger partial charge < -0.3 is 9.73 Å². The standard InChI is InChI=1S/C21H16F3NO3/c1-13(26)15-5-7-16(8-6-15)18-9-10-19(28-18)20(27)25-12-14-3-2-4-17(11-14)21(22,23)24/h2-11H,12H2,1H3,(H,25,27). The number of benzene rings is 2. The monoisotopic (exact) mass is 387 g/mol. The Morgan fingerprint density at radius 1 is 1.00 bits per heavy atom. The van der Waals surface area contributed by atoms with Gasteiger partial charge in [-0.05, 0) is 36.8 Å². The Bertz CT molecular complexity index is 1000. The molecule has 1 amide bonds. The lowest BCUT2D eigenvalue weighted by molar-refractivity contribution is -0.137. The number of halogens is 3. The predicted molar refractivity (Wildman–Crippen MR) is 96.8 cm³/mol. The third-order valence-electron chi connectivity index (χ3n) is 4.11. The van der Waals surface area contributed by atoms with E-state index < -0.39 is 17.6 Å². The second kappa shape index (κ2) is 7.72. The summed E-state index contributed by atoms with van der Waals surface area (Å²) in [6, 6.07) is 14.6. The van der Waals surface area contributed by atoms with E-state index in [-0.39, 0.29) is 18.1 Å². The Hall–Kier alpha value is -3.35. The van der Waals surface area contributed by atoms with Gasteiger partial charge >= 0.3 is 6.18 Å². The first-order valence-electron chi connectivity index (χ1n) is 8.39. The van der Waals surface area contributed by atoms with Crippen LogP contribution < -0.4 is 5.32 Å². The van der Waals surface area contributed by atoms with Gasteiger partial charge in [0, 0.05) is 17.7 Å². The molecule has 0 spiro atoms. The highest BCUT2D eigenvalue weighted by Crippen LogP contribution is 2.29. The first-order valence-corrected chi connectivity index (χ1v) is 8.39. The molecular weight excluding hydrogens is 371 g/mol. The van der Waals surface area contributed by atoms with E-state index in [2.05, 4.69) is 5.32 Å². The van der Waals surface area contributed by atoms with Crippen LogP contribution in [0.25, 0.3) is 11.3 Å². The molecule has 7 heteroatoms. The van der Waals surface area contributed by atoms with Crippen LogP contribution in [-0.2, 0) is 12.7 Å². The zero-order chi connectivity index (χ0) is 20.3. The van der Waals surface area contributed by atoms with Crippen molar-refractivity contribution < 1.29 is 27.2 Å². The highest BCUT2D eigenvalue weighted by atomic mass is 19.4. The number of ketones is 1. The molecule has 0 saturated heterocycles. The van der Waals surface area contributed by atoms with Gasteiger partial charge in [0.15, 0.2) is 11.5 Å². The van der Waals surface area contributed by atoms with E-state index in [1.807, 2.05) is 0 Å². The molecule has 1 aromatic heterocycles. The summed E-state index contributed by atoms with van der Waals surface area (Å²) in [7, 11) is 0. The summed E-state index contributed by atoms with van der Waals surface area (Å²) in [5, 5.41) is 2.54. The van der Waals surface area contributed by atoms with Gasteiger partial charge in [-0.2, -0.15) is 13.2 Å². The zero-order valence-electron chi connectivity index (χ0n) is 14.8. The Kier molecular flexibility index (Phi) is 5.35. The minimum absolute atomic E-state index is 0.0395. The van der Waals surface area contributed by atoms with E-state index in [0.717, 1.165) is 12.1 Å². The molecule has 4 nitrogen and oxygen atoms in total. The number of alkyl halides is 3. The van der Waals surface area contributed by atoms with Gasteiger partial charge in [0.05, 0.1) is 5.56 Å². The average molecular weight is 387 g/mol. The van der Waals surface area contributed by atoms with E-state index in [9.17, 15) is 22.8 Å². The summed E-state index contributed by atoms with van der Waals surface area (Å²) in [4.78, 5) is 23.5. The lowest BCUT2D eigenvalue weighted by Gasteiger charge is -2.09. The van der Waals surface area contributed by atoms with Gasteiger partial charge in [-0.1, -0.05) is 36.4 Å². The fraction of sp³-hybridized carbons (Fsp3) is 0.143. The number of rotatable bonds is 5. The van der Waals surface area contributed by atoms with Gasteiger partial charge in [-0.3, -0.25) is 9.59 Å². The second-order valence-corrected chi connectivity index (χ2v) is 6.18. The van der Waals surface area contributed by atoms with Crippen LogP contribution in [0.15, 0.2) is 65.1 Å². The van der Waals surface area contributed by atoms with Crippen LogP contribution in [0.1, 0.15) is 39.0 Å². The van der Waals surface area contributed by atoms with Crippen molar-refractivity contribution in [1.82, 2.24) is 5.32 Å². The van der Waals surface area contributed by atoms with Crippen molar-refractivity contribution in [3.63, 3.8) is 0 Å². The first-order chi connectivity index (χ1) is 13.2. The van der Waals surface area contributed by atoms with E-state index in [4.69, 9.17) is 4.42 Å². The maximum Gasteiger partial charge on any atom is 0.416 e. The van der Waals surface area contributed by atoms with Crippen LogP contribution in [0, 0.1) is 0 Å². The van der Waals surface area contributed by atoms with Crippen molar-refractivity contribution in [2.24, 2.45) is 0 Å². The fourth-order valence-corrected chi connectivity index (χ4v) is 2.61.